The van der Waals surface area contributed by atoms with E-state index in [9.17, 15) is 4.79 Å². The van der Waals surface area contributed by atoms with Crippen molar-refractivity contribution in [2.45, 2.75) is 20.8 Å². The molecule has 27 heavy (non-hydrogen) atoms. The molecule has 0 aliphatic carbocycles. The Morgan fingerprint density at radius 2 is 2.00 bits per heavy atom. The Bertz CT molecular complexity index is 1100. The number of hydrogen-bond donors (Lipinski definition) is 1. The van der Waals surface area contributed by atoms with E-state index in [2.05, 4.69) is 14.7 Å². The van der Waals surface area contributed by atoms with Gasteiger partial charge in [0, 0.05) is 22.1 Å². The predicted molar refractivity (Wildman–Crippen MR) is 111 cm³/mol. The highest BCUT2D eigenvalue weighted by Gasteiger charge is 2.32. The summed E-state index contributed by atoms with van der Waals surface area (Å²) in [6, 6.07) is 7.90. The van der Waals surface area contributed by atoms with Crippen molar-refractivity contribution in [2.75, 3.05) is 0 Å². The lowest BCUT2D eigenvalue weighted by molar-refractivity contribution is -0.114. The maximum Gasteiger partial charge on any atom is 0.283 e. The highest BCUT2D eigenvalue weighted by Crippen LogP contribution is 2.28. The maximum absolute atomic E-state index is 12.4. The summed E-state index contributed by atoms with van der Waals surface area (Å²) in [4.78, 5) is 16.4. The van der Waals surface area contributed by atoms with E-state index in [0.29, 0.717) is 10.2 Å². The van der Waals surface area contributed by atoms with E-state index < -0.39 is 5.91 Å². The number of fused-ring (bicyclic) bond motifs is 1. The molecule has 3 heterocycles. The van der Waals surface area contributed by atoms with Crippen molar-refractivity contribution in [1.82, 2.24) is 9.58 Å². The largest absolute Gasteiger partial charge is 0.318 e. The molecule has 0 saturated heterocycles. The van der Waals surface area contributed by atoms with Crippen LogP contribution in [0.3, 0.4) is 0 Å². The molecule has 2 aliphatic rings. The molecule has 0 radical (unpaired) electrons. The number of carbonyl (C=O) groups excluding carboxylic acids is 1. The van der Waals surface area contributed by atoms with Crippen molar-refractivity contribution in [2.24, 2.45) is 10.1 Å². The SMILES string of the molecule is Cc1ccc(-n2c(C)cc(C=C3C(=N)N4N=CSC4=NC3=O)c2C)cc1Cl. The number of hydrazone groups is 1. The summed E-state index contributed by atoms with van der Waals surface area (Å²) < 4.78 is 2.08. The fraction of sp³-hybridized carbons (Fsp3) is 0.158. The normalized spacial score (nSPS) is 17.7. The summed E-state index contributed by atoms with van der Waals surface area (Å²) >= 11 is 7.52. The number of amidine groups is 2. The number of halogens is 1. The molecule has 2 aliphatic heterocycles. The van der Waals surface area contributed by atoms with Crippen LogP contribution in [-0.4, -0.2) is 32.0 Å². The summed E-state index contributed by atoms with van der Waals surface area (Å²) in [6.45, 7) is 5.93. The lowest BCUT2D eigenvalue weighted by atomic mass is 10.1. The second-order valence-electron chi connectivity index (χ2n) is 6.35. The Hall–Kier alpha value is -2.64. The summed E-state index contributed by atoms with van der Waals surface area (Å²) in [5, 5.41) is 14.9. The zero-order valence-electron chi connectivity index (χ0n) is 14.9. The van der Waals surface area contributed by atoms with Gasteiger partial charge in [0.25, 0.3) is 5.91 Å². The van der Waals surface area contributed by atoms with Crippen LogP contribution in [-0.2, 0) is 4.79 Å². The van der Waals surface area contributed by atoms with Gasteiger partial charge in [-0.3, -0.25) is 10.2 Å². The lowest BCUT2D eigenvalue weighted by Crippen LogP contribution is -2.35. The summed E-state index contributed by atoms with van der Waals surface area (Å²) in [6.07, 6.45) is 1.71. The molecule has 0 unspecified atom stereocenters. The maximum atomic E-state index is 12.4. The lowest BCUT2D eigenvalue weighted by Gasteiger charge is -2.20. The molecule has 136 valence electrons. The van der Waals surface area contributed by atoms with E-state index in [-0.39, 0.29) is 11.4 Å². The number of rotatable bonds is 2. The van der Waals surface area contributed by atoms with E-state index in [1.54, 1.807) is 11.6 Å². The highest BCUT2D eigenvalue weighted by molar-refractivity contribution is 8.25. The first kappa shape index (κ1) is 17.8. The molecule has 1 aromatic heterocycles. The summed E-state index contributed by atoms with van der Waals surface area (Å²) in [5.41, 5.74) is 6.58. The van der Waals surface area contributed by atoms with Crippen LogP contribution in [0.25, 0.3) is 11.8 Å². The van der Waals surface area contributed by atoms with Crippen molar-refractivity contribution >= 4 is 51.9 Å². The molecule has 0 saturated carbocycles. The zero-order valence-corrected chi connectivity index (χ0v) is 16.5. The van der Waals surface area contributed by atoms with Gasteiger partial charge in [0.05, 0.1) is 11.1 Å². The smallest absolute Gasteiger partial charge is 0.283 e. The molecule has 6 nitrogen and oxygen atoms in total. The minimum atomic E-state index is -0.424. The molecule has 1 aromatic carbocycles. The van der Waals surface area contributed by atoms with Crippen LogP contribution in [0.5, 0.6) is 0 Å². The van der Waals surface area contributed by atoms with Crippen LogP contribution in [0, 0.1) is 26.2 Å². The van der Waals surface area contributed by atoms with Gasteiger partial charge in [-0.05, 0) is 67.9 Å². The van der Waals surface area contributed by atoms with Crippen molar-refractivity contribution < 1.29 is 4.79 Å². The molecule has 4 rings (SSSR count). The van der Waals surface area contributed by atoms with Gasteiger partial charge in [0.15, 0.2) is 11.0 Å². The van der Waals surface area contributed by atoms with E-state index in [1.165, 1.54) is 16.8 Å². The third kappa shape index (κ3) is 2.93. The highest BCUT2D eigenvalue weighted by atomic mass is 35.5. The Labute approximate surface area is 165 Å². The number of aryl methyl sites for hydroxylation is 2. The molecule has 2 aromatic rings. The first-order chi connectivity index (χ1) is 12.9. The predicted octanol–water partition coefficient (Wildman–Crippen LogP) is 4.30. The van der Waals surface area contributed by atoms with Gasteiger partial charge in [-0.25, -0.2) is 0 Å². The van der Waals surface area contributed by atoms with Crippen molar-refractivity contribution in [1.29, 1.82) is 5.41 Å². The van der Waals surface area contributed by atoms with Crippen LogP contribution in [0.4, 0.5) is 0 Å². The van der Waals surface area contributed by atoms with Crippen LogP contribution in [0.1, 0.15) is 22.5 Å². The van der Waals surface area contributed by atoms with Crippen LogP contribution in [0.2, 0.25) is 5.02 Å². The average molecular weight is 398 g/mol. The van der Waals surface area contributed by atoms with E-state index in [0.717, 1.165) is 28.2 Å². The van der Waals surface area contributed by atoms with Gasteiger partial charge in [-0.15, -0.1) is 0 Å². The Balaban J connectivity index is 1.79. The van der Waals surface area contributed by atoms with Gasteiger partial charge < -0.3 is 4.57 Å². The average Bonchev–Trinajstić information content (AvgIpc) is 3.19. The van der Waals surface area contributed by atoms with E-state index in [1.807, 2.05) is 45.0 Å². The minimum Gasteiger partial charge on any atom is -0.318 e. The number of nitrogens with zero attached hydrogens (tertiary/aromatic N) is 4. The molecule has 0 atom stereocenters. The topological polar surface area (TPSA) is 73.8 Å². The van der Waals surface area contributed by atoms with Gasteiger partial charge >= 0.3 is 0 Å². The standard InChI is InChI=1S/C19H16ClN5OS/c1-10-4-5-14(8-16(10)20)24-11(2)6-13(12(24)3)7-15-17(21)25-19(23-18(15)26)27-9-22-25/h4-9,21H,1-3H3. The zero-order chi connectivity index (χ0) is 19.3. The van der Waals surface area contributed by atoms with Crippen LogP contribution >= 0.6 is 23.4 Å². The molecule has 8 heteroatoms. The quantitative estimate of drug-likeness (QED) is 0.767. The fourth-order valence-electron chi connectivity index (χ4n) is 3.14. The van der Waals surface area contributed by atoms with Crippen molar-refractivity contribution in [3.8, 4) is 5.69 Å². The number of thioether (sulfide) groups is 1. The number of carbonyl (C=O) groups is 1. The molecule has 1 amide bonds. The Morgan fingerprint density at radius 1 is 1.22 bits per heavy atom. The van der Waals surface area contributed by atoms with Gasteiger partial charge in [-0.1, -0.05) is 17.7 Å². The fourth-order valence-corrected chi connectivity index (χ4v) is 3.93. The van der Waals surface area contributed by atoms with Crippen LogP contribution < -0.4 is 0 Å². The number of amides is 1. The first-order valence-electron chi connectivity index (χ1n) is 8.25. The Morgan fingerprint density at radius 3 is 2.74 bits per heavy atom. The number of benzene rings is 1. The molecule has 0 fully saturated rings. The molecule has 1 N–H and O–H groups in total. The number of aliphatic imine (C=N–C) groups is 1. The second kappa shape index (κ2) is 6.51. The first-order valence-corrected chi connectivity index (χ1v) is 9.51. The summed E-state index contributed by atoms with van der Waals surface area (Å²) in [5.74, 6) is -0.387. The van der Waals surface area contributed by atoms with Crippen LogP contribution in [0.15, 0.2) is 39.9 Å². The summed E-state index contributed by atoms with van der Waals surface area (Å²) in [7, 11) is 0. The monoisotopic (exact) mass is 397 g/mol. The molecular weight excluding hydrogens is 382 g/mol. The van der Waals surface area contributed by atoms with Gasteiger partial charge in [0.1, 0.15) is 0 Å². The molecule has 0 bridgehead atoms. The van der Waals surface area contributed by atoms with Gasteiger partial charge in [0.2, 0.25) is 0 Å². The Kier molecular flexibility index (Phi) is 4.28. The molecular formula is C19H16ClN5OS. The van der Waals surface area contributed by atoms with E-state index in [4.69, 9.17) is 17.0 Å². The van der Waals surface area contributed by atoms with Gasteiger partial charge in [-0.2, -0.15) is 15.1 Å². The third-order valence-electron chi connectivity index (χ3n) is 4.58. The van der Waals surface area contributed by atoms with E-state index >= 15 is 0 Å². The third-order valence-corrected chi connectivity index (χ3v) is 5.66. The number of nitrogens with one attached hydrogen (secondary N) is 1. The minimum absolute atomic E-state index is 0.0365. The second-order valence-corrected chi connectivity index (χ2v) is 7.57. The van der Waals surface area contributed by atoms with Crippen molar-refractivity contribution in [3.05, 3.63) is 57.4 Å². The molecule has 0 spiro atoms. The number of hydrogen-bond acceptors (Lipinski definition) is 4. The van der Waals surface area contributed by atoms with Crippen molar-refractivity contribution in [3.63, 3.8) is 0 Å². The number of aromatic nitrogens is 1.